The largest absolute Gasteiger partial charge is 1.00 e. The molecular weight excluding hydrogens is 526 g/mol. The predicted octanol–water partition coefficient (Wildman–Crippen LogP) is 4.22. The number of aromatic nitrogens is 1. The van der Waals surface area contributed by atoms with E-state index in [-0.39, 0.29) is 1.43 Å². The molecule has 212 valence electrons. The van der Waals surface area contributed by atoms with E-state index in [1.807, 2.05) is 0 Å². The Morgan fingerprint density at radius 2 is 1.38 bits per heavy atom. The van der Waals surface area contributed by atoms with Gasteiger partial charge in [0, 0.05) is 34.2 Å². The van der Waals surface area contributed by atoms with Gasteiger partial charge in [-0.25, -0.2) is 0 Å². The zero-order valence-corrected chi connectivity index (χ0v) is 23.7. The lowest BCUT2D eigenvalue weighted by molar-refractivity contribution is -0.695. The van der Waals surface area contributed by atoms with Crippen LogP contribution in [0.1, 0.15) is 50.7 Å². The smallest absolute Gasteiger partial charge is 0.759 e. The lowest BCUT2D eigenvalue weighted by Crippen LogP contribution is -2.45. The molecule has 1 saturated carbocycles. The number of pyridine rings is 1. The van der Waals surface area contributed by atoms with Crippen molar-refractivity contribution in [2.75, 3.05) is 35.5 Å². The van der Waals surface area contributed by atoms with Crippen LogP contribution in [0.2, 0.25) is 0 Å². The maximum absolute atomic E-state index is 8.52. The van der Waals surface area contributed by atoms with Gasteiger partial charge in [0.15, 0.2) is 35.2 Å². The molecular formula is C28H35NO9S. The van der Waals surface area contributed by atoms with Crippen molar-refractivity contribution in [3.8, 4) is 40.0 Å². The van der Waals surface area contributed by atoms with E-state index >= 15 is 0 Å². The topological polar surface area (TPSA) is 130 Å². The summed E-state index contributed by atoms with van der Waals surface area (Å²) in [6.45, 7) is 0.914. The highest BCUT2D eigenvalue weighted by Gasteiger charge is 2.36. The summed E-state index contributed by atoms with van der Waals surface area (Å²) < 4.78 is 65.3. The van der Waals surface area contributed by atoms with E-state index in [1.165, 1.54) is 54.6 Å². The fraction of sp³-hybridized carbons (Fsp3) is 0.464. The van der Waals surface area contributed by atoms with Gasteiger partial charge in [-0.1, -0.05) is 19.3 Å². The molecule has 1 fully saturated rings. The number of nitrogens with zero attached hydrogens (tertiary/aromatic N) is 1. The van der Waals surface area contributed by atoms with Crippen molar-refractivity contribution in [3.63, 3.8) is 0 Å². The van der Waals surface area contributed by atoms with Crippen LogP contribution >= 0.6 is 0 Å². The van der Waals surface area contributed by atoms with Gasteiger partial charge in [0.05, 0.1) is 46.5 Å². The number of methoxy groups -OCH3 is 5. The normalized spacial score (nSPS) is 14.9. The SMILES string of the molecule is COc1cc2c(cc1OC)-c1cc3cc(OC)c(OC)c(OC)c3c(C3CCCCC3)[n+]1CC2.O=S(=O)([O-])[O-].[H+]. The molecule has 0 saturated heterocycles. The molecule has 0 radical (unpaired) electrons. The number of ether oxygens (including phenoxy) is 5. The van der Waals surface area contributed by atoms with Crippen molar-refractivity contribution in [2.24, 2.45) is 0 Å². The van der Waals surface area contributed by atoms with Crippen LogP contribution in [0, 0.1) is 0 Å². The van der Waals surface area contributed by atoms with Crippen LogP contribution in [0.3, 0.4) is 0 Å². The molecule has 0 bridgehead atoms. The van der Waals surface area contributed by atoms with Gasteiger partial charge in [-0.3, -0.25) is 8.42 Å². The van der Waals surface area contributed by atoms with Gasteiger partial charge >= 0.3 is 1.43 Å². The summed E-state index contributed by atoms with van der Waals surface area (Å²) in [5.41, 5.74) is 5.02. The van der Waals surface area contributed by atoms with Crippen LogP contribution in [0.15, 0.2) is 24.3 Å². The zero-order chi connectivity index (χ0) is 28.3. The van der Waals surface area contributed by atoms with Crippen LogP contribution in [0.25, 0.3) is 22.0 Å². The lowest BCUT2D eigenvalue weighted by atomic mass is 9.83. The third-order valence-electron chi connectivity index (χ3n) is 7.47. The molecule has 2 aromatic carbocycles. The Kier molecular flexibility index (Phi) is 8.73. The lowest BCUT2D eigenvalue weighted by Gasteiger charge is -2.27. The summed E-state index contributed by atoms with van der Waals surface area (Å²) in [7, 11) is 3.28. The summed E-state index contributed by atoms with van der Waals surface area (Å²) in [5.74, 6) is 4.08. The number of rotatable bonds is 6. The molecule has 0 unspecified atom stereocenters. The maximum atomic E-state index is 8.52. The minimum Gasteiger partial charge on any atom is -0.759 e. The van der Waals surface area contributed by atoms with Gasteiger partial charge in [0.25, 0.3) is 0 Å². The van der Waals surface area contributed by atoms with Crippen molar-refractivity contribution < 1.29 is 47.2 Å². The number of hydrogen-bond donors (Lipinski definition) is 0. The molecule has 39 heavy (non-hydrogen) atoms. The van der Waals surface area contributed by atoms with E-state index in [4.69, 9.17) is 41.2 Å². The Morgan fingerprint density at radius 3 is 1.95 bits per heavy atom. The molecule has 10 nitrogen and oxygen atoms in total. The Morgan fingerprint density at radius 1 is 0.795 bits per heavy atom. The summed E-state index contributed by atoms with van der Waals surface area (Å²) in [5, 5.41) is 2.24. The second kappa shape index (κ2) is 11.8. The predicted molar refractivity (Wildman–Crippen MR) is 143 cm³/mol. The van der Waals surface area contributed by atoms with Crippen LogP contribution in [0.5, 0.6) is 28.7 Å². The Labute approximate surface area is 230 Å². The second-order valence-corrected chi connectivity index (χ2v) is 10.4. The van der Waals surface area contributed by atoms with Crippen molar-refractivity contribution in [2.45, 2.75) is 51.0 Å². The minimum absolute atomic E-state index is 0. The molecule has 0 spiro atoms. The zero-order valence-electron chi connectivity index (χ0n) is 23.9. The monoisotopic (exact) mass is 561 g/mol. The van der Waals surface area contributed by atoms with E-state index in [0.29, 0.717) is 17.4 Å². The Balaban J connectivity index is 0.000000677. The van der Waals surface area contributed by atoms with E-state index < -0.39 is 10.4 Å². The Bertz CT molecular complexity index is 1460. The second-order valence-electron chi connectivity index (χ2n) is 9.53. The van der Waals surface area contributed by atoms with Gasteiger partial charge < -0.3 is 32.8 Å². The molecule has 0 atom stereocenters. The quantitative estimate of drug-likeness (QED) is 0.247. The Hall–Kier alpha value is -3.28. The summed E-state index contributed by atoms with van der Waals surface area (Å²) in [6.07, 6.45) is 7.14. The summed E-state index contributed by atoms with van der Waals surface area (Å²) in [6, 6.07) is 8.58. The van der Waals surface area contributed by atoms with E-state index in [1.54, 1.807) is 35.5 Å². The first-order chi connectivity index (χ1) is 18.6. The molecule has 1 aliphatic carbocycles. The van der Waals surface area contributed by atoms with Crippen molar-refractivity contribution in [1.82, 2.24) is 0 Å². The van der Waals surface area contributed by atoms with Gasteiger partial charge in [-0.05, 0) is 36.6 Å². The van der Waals surface area contributed by atoms with Crippen LogP contribution in [0.4, 0.5) is 0 Å². The van der Waals surface area contributed by atoms with E-state index in [0.717, 1.165) is 41.0 Å². The first kappa shape index (κ1) is 28.7. The van der Waals surface area contributed by atoms with E-state index in [9.17, 15) is 0 Å². The maximum Gasteiger partial charge on any atom is 1.00 e. The van der Waals surface area contributed by atoms with Gasteiger partial charge in [0.1, 0.15) is 0 Å². The van der Waals surface area contributed by atoms with Crippen molar-refractivity contribution in [1.29, 1.82) is 0 Å². The van der Waals surface area contributed by atoms with Gasteiger partial charge in [-0.15, -0.1) is 0 Å². The highest BCUT2D eigenvalue weighted by atomic mass is 32.3. The van der Waals surface area contributed by atoms with Crippen LogP contribution < -0.4 is 28.3 Å². The highest BCUT2D eigenvalue weighted by molar-refractivity contribution is 7.79. The average Bonchev–Trinajstić information content (AvgIpc) is 2.93. The number of hydrogen-bond acceptors (Lipinski definition) is 9. The summed E-state index contributed by atoms with van der Waals surface area (Å²) >= 11 is 0. The van der Waals surface area contributed by atoms with Crippen LogP contribution in [-0.4, -0.2) is 53.1 Å². The molecule has 0 N–H and O–H groups in total. The minimum atomic E-state index is -5.17. The average molecular weight is 562 g/mol. The molecule has 1 aliphatic heterocycles. The third kappa shape index (κ3) is 5.85. The third-order valence-corrected chi connectivity index (χ3v) is 7.47. The van der Waals surface area contributed by atoms with E-state index in [2.05, 4.69) is 28.8 Å². The molecule has 0 amide bonds. The molecule has 2 heterocycles. The number of fused-ring (bicyclic) bond motifs is 4. The first-order valence-electron chi connectivity index (χ1n) is 12.8. The molecule has 1 aromatic heterocycles. The number of benzene rings is 2. The fourth-order valence-corrected chi connectivity index (χ4v) is 5.91. The highest BCUT2D eigenvalue weighted by Crippen LogP contribution is 2.48. The summed E-state index contributed by atoms with van der Waals surface area (Å²) in [4.78, 5) is 0. The first-order valence-corrected chi connectivity index (χ1v) is 14.1. The standard InChI is InChI=1S/C28H34NO5.H2O4S/c1-30-22-14-18-11-12-29-21(20(18)16-23(22)31-2)13-19-15-24(32-3)27(33-4)28(34-5)25(19)26(29)17-9-7-6-8-10-17;1-5(2,3)4/h13-17H,6-12H2,1-5H3;(H2,1,2,3,4)/q+1;/p-1. The van der Waals surface area contributed by atoms with Crippen molar-refractivity contribution in [3.05, 3.63) is 35.5 Å². The molecule has 11 heteroatoms. The molecule has 2 aliphatic rings. The molecule has 3 aromatic rings. The van der Waals surface area contributed by atoms with Gasteiger partial charge in [-0.2, -0.15) is 4.57 Å². The fourth-order valence-electron chi connectivity index (χ4n) is 5.91. The number of aryl methyl sites for hydroxylation is 1. The van der Waals surface area contributed by atoms with Crippen LogP contribution in [-0.2, 0) is 23.4 Å². The molecule has 5 rings (SSSR count). The van der Waals surface area contributed by atoms with Gasteiger partial charge in [0.2, 0.25) is 11.4 Å². The van der Waals surface area contributed by atoms with Crippen molar-refractivity contribution >= 4 is 21.2 Å².